The van der Waals surface area contributed by atoms with Gasteiger partial charge in [0.05, 0.1) is 0 Å². The summed E-state index contributed by atoms with van der Waals surface area (Å²) in [5.41, 5.74) is 1.69. The first-order valence-corrected chi connectivity index (χ1v) is 5.53. The van der Waals surface area contributed by atoms with E-state index in [1.54, 1.807) is 5.92 Å². The molecule has 1 aliphatic carbocycles. The van der Waals surface area contributed by atoms with Crippen LogP contribution >= 0.6 is 0 Å². The predicted octanol–water partition coefficient (Wildman–Crippen LogP) is 0.486. The average Bonchev–Trinajstić information content (AvgIpc) is 2.49. The van der Waals surface area contributed by atoms with E-state index in [9.17, 15) is 0 Å². The number of nitrogens with zero attached hydrogens (tertiary/aromatic N) is 1. The maximum atomic E-state index is 4.14. The third-order valence-electron chi connectivity index (χ3n) is 3.46. The van der Waals surface area contributed by atoms with Crippen molar-refractivity contribution >= 4 is 0 Å². The first-order valence-electron chi connectivity index (χ1n) is 5.53. The summed E-state index contributed by atoms with van der Waals surface area (Å²) in [5, 5.41) is 0. The Morgan fingerprint density at radius 3 is 2.20 bits per heavy atom. The summed E-state index contributed by atoms with van der Waals surface area (Å²) >= 11 is 0. The Bertz CT molecular complexity index is 215. The van der Waals surface area contributed by atoms with Crippen LogP contribution in [0.25, 0.3) is 0 Å². The second-order valence-electron chi connectivity index (χ2n) is 5.75. The fourth-order valence-corrected chi connectivity index (χ4v) is 2.17. The van der Waals surface area contributed by atoms with Crippen molar-refractivity contribution in [3.63, 3.8) is 0 Å². The molecule has 0 saturated heterocycles. The molecule has 0 amide bonds. The third kappa shape index (κ3) is 3.82. The first kappa shape index (κ1) is 15.0. The van der Waals surface area contributed by atoms with Crippen molar-refractivity contribution in [2.75, 3.05) is 14.1 Å². The fourth-order valence-electron chi connectivity index (χ4n) is 2.17. The van der Waals surface area contributed by atoms with E-state index in [1.807, 2.05) is 0 Å². The Labute approximate surface area is 107 Å². The van der Waals surface area contributed by atoms with Crippen LogP contribution in [0.1, 0.15) is 40.0 Å². The maximum Gasteiger partial charge on any atom is 1.00 e. The zero-order valence-corrected chi connectivity index (χ0v) is 11.4. The second kappa shape index (κ2) is 5.37. The molecule has 1 nitrogen and oxygen atoms in total. The number of hydrogen-bond acceptors (Lipinski definition) is 1. The van der Waals surface area contributed by atoms with Gasteiger partial charge in [0.15, 0.2) is 0 Å². The first-order chi connectivity index (χ1) is 6.32. The fraction of sp³-hybridized carbons (Fsp3) is 0.769. The Kier molecular flexibility index (Phi) is 5.37. The summed E-state index contributed by atoms with van der Waals surface area (Å²) < 4.78 is 0. The van der Waals surface area contributed by atoms with Gasteiger partial charge in [0, 0.05) is 14.1 Å². The molecule has 0 aromatic heterocycles. The Morgan fingerprint density at radius 2 is 1.87 bits per heavy atom. The Balaban J connectivity index is 0.00000196. The van der Waals surface area contributed by atoms with E-state index in [4.69, 9.17) is 0 Å². The largest absolute Gasteiger partial charge is 1.00 e. The molecule has 15 heavy (non-hydrogen) atoms. The van der Waals surface area contributed by atoms with Crippen molar-refractivity contribution in [3.05, 3.63) is 18.2 Å². The molecule has 1 saturated carbocycles. The second-order valence-corrected chi connectivity index (χ2v) is 5.75. The molecule has 0 radical (unpaired) electrons. The molecule has 1 atom stereocenters. The summed E-state index contributed by atoms with van der Waals surface area (Å²) in [6, 6.07) is 0. The molecule has 82 valence electrons. The minimum absolute atomic E-state index is 0. The smallest absolute Gasteiger partial charge is 0.411 e. The summed E-state index contributed by atoms with van der Waals surface area (Å²) in [6.07, 6.45) is 3.84. The van der Waals surface area contributed by atoms with E-state index in [0.717, 1.165) is 5.92 Å². The van der Waals surface area contributed by atoms with E-state index in [1.165, 1.54) is 25.0 Å². The topological polar surface area (TPSA) is 3.24 Å². The molecule has 0 aromatic carbocycles. The van der Waals surface area contributed by atoms with E-state index >= 15 is 0 Å². The van der Waals surface area contributed by atoms with Crippen molar-refractivity contribution in [1.29, 1.82) is 0 Å². The van der Waals surface area contributed by atoms with Crippen LogP contribution in [0, 0.1) is 17.3 Å². The predicted molar refractivity (Wildman–Crippen MR) is 62.9 cm³/mol. The molecule has 0 bridgehead atoms. The van der Waals surface area contributed by atoms with Gasteiger partial charge < -0.3 is 4.90 Å². The van der Waals surface area contributed by atoms with Crippen LogP contribution < -0.4 is 18.9 Å². The molecule has 0 heterocycles. The summed E-state index contributed by atoms with van der Waals surface area (Å²) in [4.78, 5) is 2.14. The van der Waals surface area contributed by atoms with Gasteiger partial charge in [0.2, 0.25) is 0 Å². The average molecular weight is 201 g/mol. The Morgan fingerprint density at radius 1 is 1.33 bits per heavy atom. The van der Waals surface area contributed by atoms with E-state index in [0.29, 0.717) is 5.41 Å². The minimum Gasteiger partial charge on any atom is -0.411 e. The molecule has 2 heteroatoms. The monoisotopic (exact) mass is 201 g/mol. The van der Waals surface area contributed by atoms with Gasteiger partial charge in [-0.25, -0.2) is 6.58 Å². The van der Waals surface area contributed by atoms with E-state index < -0.39 is 0 Å². The van der Waals surface area contributed by atoms with E-state index in [2.05, 4.69) is 46.3 Å². The van der Waals surface area contributed by atoms with Gasteiger partial charge in [0.1, 0.15) is 0 Å². The van der Waals surface area contributed by atoms with Crippen LogP contribution in [0.5, 0.6) is 0 Å². The number of allylic oxidation sites excluding steroid dienone is 1. The number of rotatable bonds is 2. The van der Waals surface area contributed by atoms with Crippen LogP contribution in [0.3, 0.4) is 0 Å². The van der Waals surface area contributed by atoms with Gasteiger partial charge in [0.25, 0.3) is 0 Å². The van der Waals surface area contributed by atoms with Crippen LogP contribution in [-0.2, 0) is 0 Å². The Hall–Kier alpha value is 0.00740. The zero-order chi connectivity index (χ0) is 10.9. The third-order valence-corrected chi connectivity index (χ3v) is 3.46. The van der Waals surface area contributed by atoms with Gasteiger partial charge in [-0.3, -0.25) is 0 Å². The van der Waals surface area contributed by atoms with Gasteiger partial charge in [-0.05, 0) is 11.3 Å². The van der Waals surface area contributed by atoms with Crippen molar-refractivity contribution in [3.8, 4) is 0 Å². The van der Waals surface area contributed by atoms with Gasteiger partial charge in [-0.2, -0.15) is 5.92 Å². The number of hydrogen-bond donors (Lipinski definition) is 0. The molecular weight excluding hydrogens is 177 g/mol. The summed E-state index contributed by atoms with van der Waals surface area (Å²) in [7, 11) is 4.17. The normalized spacial score (nSPS) is 21.1. The molecule has 1 fully saturated rings. The van der Waals surface area contributed by atoms with Crippen molar-refractivity contribution < 1.29 is 18.9 Å². The molecule has 0 N–H and O–H groups in total. The molecule has 1 unspecified atom stereocenters. The van der Waals surface area contributed by atoms with Gasteiger partial charge in [-0.15, -0.1) is 5.70 Å². The summed E-state index contributed by atoms with van der Waals surface area (Å²) in [6.45, 7) is 11.2. The van der Waals surface area contributed by atoms with Gasteiger partial charge >= 0.3 is 18.9 Å². The molecular formula is C13H24LiN. The van der Waals surface area contributed by atoms with Crippen LogP contribution in [0.15, 0.2) is 12.3 Å². The van der Waals surface area contributed by atoms with Gasteiger partial charge in [-0.1, -0.05) is 40.0 Å². The van der Waals surface area contributed by atoms with Crippen molar-refractivity contribution in [1.82, 2.24) is 4.90 Å². The molecule has 1 aliphatic rings. The van der Waals surface area contributed by atoms with Crippen LogP contribution in [0.4, 0.5) is 0 Å². The standard InChI is InChI=1S/C13H24N.Li/c1-10(14(5)6)11-7-8-12(9-11)13(2,3)4;/h12H,1,7-9H2,2-6H3;/q-1;+1. The SMILES string of the molecule is C=C([C-]1CCC(C(C)(C)C)C1)N(C)C.[Li+]. The van der Waals surface area contributed by atoms with Crippen molar-refractivity contribution in [2.45, 2.75) is 40.0 Å². The summed E-state index contributed by atoms with van der Waals surface area (Å²) in [5.74, 6) is 2.41. The maximum absolute atomic E-state index is 4.14. The molecule has 1 rings (SSSR count). The quantitative estimate of drug-likeness (QED) is 0.464. The molecule has 0 spiro atoms. The molecule has 0 aromatic rings. The zero-order valence-electron chi connectivity index (χ0n) is 11.4. The van der Waals surface area contributed by atoms with Crippen molar-refractivity contribution in [2.24, 2.45) is 11.3 Å². The van der Waals surface area contributed by atoms with E-state index in [-0.39, 0.29) is 18.9 Å². The molecule has 0 aliphatic heterocycles. The van der Waals surface area contributed by atoms with Crippen LogP contribution in [0.2, 0.25) is 0 Å². The van der Waals surface area contributed by atoms with Crippen LogP contribution in [-0.4, -0.2) is 19.0 Å². The minimum atomic E-state index is 0.